The second-order valence-electron chi connectivity index (χ2n) is 6.48. The molecule has 3 amide bonds. The lowest BCUT2D eigenvalue weighted by Gasteiger charge is -2.37. The molecule has 0 aromatic heterocycles. The average Bonchev–Trinajstić information content (AvgIpc) is 2.55. The minimum Gasteiger partial charge on any atom is -0.339 e. The number of anilines is 1. The molecule has 0 bridgehead atoms. The Kier molecular flexibility index (Phi) is 6.15. The molecule has 1 fully saturated rings. The van der Waals surface area contributed by atoms with Crippen molar-refractivity contribution in [2.24, 2.45) is 0 Å². The molecule has 0 saturated carbocycles. The fourth-order valence-corrected chi connectivity index (χ4v) is 3.96. The van der Waals surface area contributed by atoms with E-state index in [1.165, 1.54) is 0 Å². The molecule has 24 heavy (non-hydrogen) atoms. The van der Waals surface area contributed by atoms with Crippen LogP contribution in [0.15, 0.2) is 24.3 Å². The lowest BCUT2D eigenvalue weighted by Crippen LogP contribution is -2.48. The van der Waals surface area contributed by atoms with Gasteiger partial charge in [0.25, 0.3) is 5.91 Å². The summed E-state index contributed by atoms with van der Waals surface area (Å²) in [5.74, 6) is 0.880. The molecule has 0 unspecified atom stereocenters. The van der Waals surface area contributed by atoms with Gasteiger partial charge in [-0.2, -0.15) is 11.8 Å². The third kappa shape index (κ3) is 4.44. The van der Waals surface area contributed by atoms with Gasteiger partial charge in [-0.1, -0.05) is 12.1 Å². The Morgan fingerprint density at radius 1 is 1.25 bits per heavy atom. The van der Waals surface area contributed by atoms with Gasteiger partial charge >= 0.3 is 6.03 Å². The second-order valence-corrected chi connectivity index (χ2v) is 8.28. The number of nitrogens with zero attached hydrogens (tertiary/aromatic N) is 2. The van der Waals surface area contributed by atoms with Crippen molar-refractivity contribution in [3.8, 4) is 0 Å². The van der Waals surface area contributed by atoms with Gasteiger partial charge in [-0.05, 0) is 39.8 Å². The van der Waals surface area contributed by atoms with Crippen molar-refractivity contribution in [1.82, 2.24) is 9.80 Å². The van der Waals surface area contributed by atoms with Crippen LogP contribution in [0.4, 0.5) is 10.5 Å². The topological polar surface area (TPSA) is 52.7 Å². The van der Waals surface area contributed by atoms with Crippen LogP contribution in [-0.4, -0.2) is 58.4 Å². The molecule has 132 valence electrons. The predicted octanol–water partition coefficient (Wildman–Crippen LogP) is 3.53. The first kappa shape index (κ1) is 18.6. The van der Waals surface area contributed by atoms with E-state index in [-0.39, 0.29) is 16.7 Å². The number of hydrogen-bond acceptors (Lipinski definition) is 3. The Balaban J connectivity index is 2.15. The number of amides is 3. The fourth-order valence-electron chi connectivity index (χ4n) is 2.84. The number of benzene rings is 1. The van der Waals surface area contributed by atoms with Gasteiger partial charge in [0, 0.05) is 36.7 Å². The van der Waals surface area contributed by atoms with Gasteiger partial charge in [-0.25, -0.2) is 4.79 Å². The van der Waals surface area contributed by atoms with E-state index in [2.05, 4.69) is 19.2 Å². The van der Waals surface area contributed by atoms with Gasteiger partial charge in [0.1, 0.15) is 0 Å². The molecular weight excluding hydrogens is 322 g/mol. The van der Waals surface area contributed by atoms with Crippen LogP contribution in [0.2, 0.25) is 0 Å². The Bertz CT molecular complexity index is 600. The van der Waals surface area contributed by atoms with Crippen LogP contribution in [0.3, 0.4) is 0 Å². The van der Waals surface area contributed by atoms with Gasteiger partial charge < -0.3 is 15.1 Å². The zero-order chi connectivity index (χ0) is 17.7. The molecule has 1 heterocycles. The third-order valence-corrected chi connectivity index (χ3v) is 5.46. The fraction of sp³-hybridized carbons (Fsp3) is 0.556. The molecule has 6 heteroatoms. The zero-order valence-electron chi connectivity index (χ0n) is 15.0. The molecule has 1 N–H and O–H groups in total. The van der Waals surface area contributed by atoms with E-state index in [1.807, 2.05) is 42.6 Å². The normalized spacial score (nSPS) is 16.6. The molecule has 1 saturated heterocycles. The van der Waals surface area contributed by atoms with Crippen LogP contribution < -0.4 is 5.32 Å². The standard InChI is InChI=1S/C18H27N3O2S/c1-5-20(6-2)16(22)14-9-7-8-10-15(14)19-17(23)21-11-12-24-18(3,4)13-21/h7-10H,5-6,11-13H2,1-4H3,(H,19,23). The Hall–Kier alpha value is -1.69. The maximum atomic E-state index is 12.6. The van der Waals surface area contributed by atoms with Gasteiger partial charge in [0.2, 0.25) is 0 Å². The quantitative estimate of drug-likeness (QED) is 0.905. The largest absolute Gasteiger partial charge is 0.339 e. The Labute approximate surface area is 148 Å². The lowest BCUT2D eigenvalue weighted by molar-refractivity contribution is 0.0774. The van der Waals surface area contributed by atoms with E-state index in [9.17, 15) is 9.59 Å². The highest BCUT2D eigenvalue weighted by atomic mass is 32.2. The SMILES string of the molecule is CCN(CC)C(=O)c1ccccc1NC(=O)N1CCSC(C)(C)C1. The molecule has 2 rings (SSSR count). The third-order valence-electron chi connectivity index (χ3n) is 4.16. The lowest BCUT2D eigenvalue weighted by atomic mass is 10.1. The van der Waals surface area contributed by atoms with Crippen LogP contribution in [-0.2, 0) is 0 Å². The average molecular weight is 350 g/mol. The van der Waals surface area contributed by atoms with Gasteiger partial charge in [-0.3, -0.25) is 4.79 Å². The number of carbonyl (C=O) groups is 2. The van der Waals surface area contributed by atoms with E-state index in [0.717, 1.165) is 12.3 Å². The van der Waals surface area contributed by atoms with Crippen LogP contribution in [0, 0.1) is 0 Å². The summed E-state index contributed by atoms with van der Waals surface area (Å²) in [6.45, 7) is 10.9. The highest BCUT2D eigenvalue weighted by Gasteiger charge is 2.30. The molecule has 0 spiro atoms. The second kappa shape index (κ2) is 7.92. The highest BCUT2D eigenvalue weighted by Crippen LogP contribution is 2.30. The summed E-state index contributed by atoms with van der Waals surface area (Å²) in [7, 11) is 0. The van der Waals surface area contributed by atoms with Crippen LogP contribution in [0.25, 0.3) is 0 Å². The van der Waals surface area contributed by atoms with Crippen LogP contribution in [0.1, 0.15) is 38.1 Å². The van der Waals surface area contributed by atoms with Crippen molar-refractivity contribution >= 4 is 29.4 Å². The van der Waals surface area contributed by atoms with Gasteiger partial charge in [0.05, 0.1) is 11.3 Å². The summed E-state index contributed by atoms with van der Waals surface area (Å²) in [6, 6.07) is 7.09. The molecule has 1 aliphatic rings. The van der Waals surface area contributed by atoms with E-state index in [1.54, 1.807) is 17.0 Å². The summed E-state index contributed by atoms with van der Waals surface area (Å²) in [4.78, 5) is 28.9. The number of nitrogens with one attached hydrogen (secondary N) is 1. The summed E-state index contributed by atoms with van der Waals surface area (Å²) in [5.41, 5.74) is 1.12. The van der Waals surface area contributed by atoms with Crippen molar-refractivity contribution in [2.75, 3.05) is 37.2 Å². The van der Waals surface area contributed by atoms with E-state index in [0.29, 0.717) is 30.9 Å². The molecule has 1 aliphatic heterocycles. The maximum absolute atomic E-state index is 12.6. The van der Waals surface area contributed by atoms with E-state index in [4.69, 9.17) is 0 Å². The molecule has 0 radical (unpaired) electrons. The molecule has 5 nitrogen and oxygen atoms in total. The van der Waals surface area contributed by atoms with Crippen molar-refractivity contribution in [2.45, 2.75) is 32.4 Å². The smallest absolute Gasteiger partial charge is 0.321 e. The first-order valence-electron chi connectivity index (χ1n) is 8.46. The van der Waals surface area contributed by atoms with Crippen molar-refractivity contribution < 1.29 is 9.59 Å². The molecule has 1 aromatic rings. The molecule has 0 aliphatic carbocycles. The minimum absolute atomic E-state index is 0.0505. The van der Waals surface area contributed by atoms with Crippen molar-refractivity contribution in [1.29, 1.82) is 0 Å². The summed E-state index contributed by atoms with van der Waals surface area (Å²) in [6.07, 6.45) is 0. The number of hydrogen-bond donors (Lipinski definition) is 1. The van der Waals surface area contributed by atoms with Crippen LogP contribution in [0.5, 0.6) is 0 Å². The van der Waals surface area contributed by atoms with Gasteiger partial charge in [-0.15, -0.1) is 0 Å². The van der Waals surface area contributed by atoms with E-state index < -0.39 is 0 Å². The van der Waals surface area contributed by atoms with Crippen LogP contribution >= 0.6 is 11.8 Å². The number of rotatable bonds is 4. The molecular formula is C18H27N3O2S. The number of urea groups is 1. The maximum Gasteiger partial charge on any atom is 0.321 e. The predicted molar refractivity (Wildman–Crippen MR) is 101 cm³/mol. The Morgan fingerprint density at radius 2 is 1.92 bits per heavy atom. The highest BCUT2D eigenvalue weighted by molar-refractivity contribution is 8.00. The monoisotopic (exact) mass is 349 g/mol. The number of thioether (sulfide) groups is 1. The van der Waals surface area contributed by atoms with Gasteiger partial charge in [0.15, 0.2) is 0 Å². The summed E-state index contributed by atoms with van der Waals surface area (Å²) < 4.78 is 0.0617. The summed E-state index contributed by atoms with van der Waals surface area (Å²) >= 11 is 1.88. The number of carbonyl (C=O) groups excluding carboxylic acids is 2. The first-order chi connectivity index (χ1) is 11.4. The molecule has 0 atom stereocenters. The van der Waals surface area contributed by atoms with Crippen molar-refractivity contribution in [3.63, 3.8) is 0 Å². The Morgan fingerprint density at radius 3 is 2.54 bits per heavy atom. The molecule has 1 aromatic carbocycles. The zero-order valence-corrected chi connectivity index (χ0v) is 15.8. The minimum atomic E-state index is -0.136. The van der Waals surface area contributed by atoms with Crippen molar-refractivity contribution in [3.05, 3.63) is 29.8 Å². The summed E-state index contributed by atoms with van der Waals surface area (Å²) in [5, 5.41) is 2.93. The number of para-hydroxylation sites is 1. The van der Waals surface area contributed by atoms with E-state index >= 15 is 0 Å². The first-order valence-corrected chi connectivity index (χ1v) is 9.44.